The van der Waals surface area contributed by atoms with Crippen molar-refractivity contribution >= 4 is 0 Å². The number of pyridine rings is 1. The lowest BCUT2D eigenvalue weighted by molar-refractivity contribution is -0.130. The van der Waals surface area contributed by atoms with Crippen LogP contribution in [0, 0.1) is 5.41 Å². The molecule has 25 heavy (non-hydrogen) atoms. The monoisotopic (exact) mass is 340 g/mol. The molecule has 4 rings (SSSR count). The van der Waals surface area contributed by atoms with Crippen LogP contribution in [0.4, 0.5) is 0 Å². The Labute approximate surface area is 149 Å². The van der Waals surface area contributed by atoms with Crippen molar-refractivity contribution in [1.29, 1.82) is 0 Å². The van der Waals surface area contributed by atoms with Crippen molar-refractivity contribution in [3.63, 3.8) is 0 Å². The average molecular weight is 340 g/mol. The minimum Gasteiger partial charge on any atom is -0.378 e. The van der Waals surface area contributed by atoms with E-state index in [0.717, 1.165) is 30.8 Å². The minimum absolute atomic E-state index is 0.370. The fraction of sp³-hybridized carbons (Fsp3) is 0.600. The summed E-state index contributed by atoms with van der Waals surface area (Å²) in [5, 5.41) is 8.49. The summed E-state index contributed by atoms with van der Waals surface area (Å²) in [5.74, 6) is 0. The Morgan fingerprint density at radius 2 is 2.04 bits per heavy atom. The molecule has 134 valence electrons. The van der Waals surface area contributed by atoms with Crippen molar-refractivity contribution in [1.82, 2.24) is 20.1 Å². The first kappa shape index (κ1) is 16.7. The predicted molar refractivity (Wildman–Crippen MR) is 98.0 cm³/mol. The summed E-state index contributed by atoms with van der Waals surface area (Å²) in [6.45, 7) is 3.80. The highest BCUT2D eigenvalue weighted by Gasteiger charge is 2.56. The van der Waals surface area contributed by atoms with E-state index in [1.807, 2.05) is 36.3 Å². The molecular formula is C20H28N4O. The largest absolute Gasteiger partial charge is 0.378 e. The van der Waals surface area contributed by atoms with Crippen LogP contribution in [0.3, 0.4) is 0 Å². The highest BCUT2D eigenvalue weighted by Crippen LogP contribution is 2.54. The number of rotatable bonds is 6. The Balaban J connectivity index is 1.47. The van der Waals surface area contributed by atoms with Crippen molar-refractivity contribution in [3.05, 3.63) is 36.3 Å². The number of aromatic nitrogens is 3. The number of hydrogen-bond donors (Lipinski definition) is 1. The third-order valence-corrected chi connectivity index (χ3v) is 6.08. The topological polar surface area (TPSA) is 52.0 Å². The average Bonchev–Trinajstić information content (AvgIpc) is 3.27. The smallest absolute Gasteiger partial charge is 0.0969 e. The van der Waals surface area contributed by atoms with Gasteiger partial charge in [0, 0.05) is 61.4 Å². The van der Waals surface area contributed by atoms with Gasteiger partial charge in [0.2, 0.25) is 0 Å². The molecule has 2 aliphatic rings. The molecule has 1 N–H and O–H groups in total. The van der Waals surface area contributed by atoms with E-state index in [9.17, 15) is 0 Å². The van der Waals surface area contributed by atoms with Crippen LogP contribution in [0.2, 0.25) is 0 Å². The molecule has 2 aliphatic carbocycles. The summed E-state index contributed by atoms with van der Waals surface area (Å²) in [6.07, 6.45) is 12.7. The molecule has 2 aromatic heterocycles. The Hall–Kier alpha value is -1.72. The molecule has 0 bridgehead atoms. The van der Waals surface area contributed by atoms with Crippen LogP contribution in [0.5, 0.6) is 0 Å². The summed E-state index contributed by atoms with van der Waals surface area (Å²) >= 11 is 0. The predicted octanol–water partition coefficient (Wildman–Crippen LogP) is 3.31. The van der Waals surface area contributed by atoms with Gasteiger partial charge in [0.1, 0.15) is 0 Å². The Morgan fingerprint density at radius 1 is 1.28 bits per heavy atom. The van der Waals surface area contributed by atoms with E-state index in [2.05, 4.69) is 28.5 Å². The molecule has 5 nitrogen and oxygen atoms in total. The van der Waals surface area contributed by atoms with E-state index in [0.29, 0.717) is 17.6 Å². The van der Waals surface area contributed by atoms with E-state index in [1.54, 1.807) is 0 Å². The normalized spacial score (nSPS) is 24.6. The maximum Gasteiger partial charge on any atom is 0.0969 e. The zero-order valence-electron chi connectivity index (χ0n) is 15.2. The molecule has 0 radical (unpaired) electrons. The molecule has 0 unspecified atom stereocenters. The molecular weight excluding hydrogens is 312 g/mol. The van der Waals surface area contributed by atoms with Crippen LogP contribution in [0.25, 0.3) is 11.3 Å². The Kier molecular flexibility index (Phi) is 4.61. The van der Waals surface area contributed by atoms with E-state index in [1.165, 1.54) is 31.2 Å². The summed E-state index contributed by atoms with van der Waals surface area (Å²) in [7, 11) is 1.99. The standard InChI is InChI=1S/C20H28N4O/c1-3-25-18-12-17(20(18)8-4-5-9-20)22-13-16-14-24(2)23-19(16)15-6-10-21-11-7-15/h6-7,10-11,14,17-18,22H,3-5,8-9,12-13H2,1-2H3/t17-,18+/m1/s1. The van der Waals surface area contributed by atoms with Gasteiger partial charge in [-0.25, -0.2) is 0 Å². The third kappa shape index (κ3) is 3.00. The van der Waals surface area contributed by atoms with Crippen molar-refractivity contribution in [2.45, 2.75) is 57.7 Å². The lowest BCUT2D eigenvalue weighted by Crippen LogP contribution is -2.62. The molecule has 0 aromatic carbocycles. The van der Waals surface area contributed by atoms with Gasteiger partial charge in [-0.05, 0) is 38.3 Å². The number of ether oxygens (including phenoxy) is 1. The second kappa shape index (κ2) is 6.89. The molecule has 2 atom stereocenters. The first-order valence-corrected chi connectivity index (χ1v) is 9.51. The fourth-order valence-electron chi connectivity index (χ4n) is 4.83. The van der Waals surface area contributed by atoms with Crippen molar-refractivity contribution in [3.8, 4) is 11.3 Å². The molecule has 1 spiro atoms. The van der Waals surface area contributed by atoms with E-state index < -0.39 is 0 Å². The van der Waals surface area contributed by atoms with Crippen molar-refractivity contribution < 1.29 is 4.74 Å². The van der Waals surface area contributed by atoms with Crippen LogP contribution in [0.15, 0.2) is 30.7 Å². The first-order valence-electron chi connectivity index (χ1n) is 9.51. The summed E-state index contributed by atoms with van der Waals surface area (Å²) in [4.78, 5) is 4.11. The number of hydrogen-bond acceptors (Lipinski definition) is 4. The first-order chi connectivity index (χ1) is 12.2. The zero-order valence-corrected chi connectivity index (χ0v) is 15.2. The van der Waals surface area contributed by atoms with Crippen LogP contribution in [-0.2, 0) is 18.3 Å². The van der Waals surface area contributed by atoms with E-state index >= 15 is 0 Å². The summed E-state index contributed by atoms with van der Waals surface area (Å²) in [5.41, 5.74) is 3.80. The fourth-order valence-corrected chi connectivity index (χ4v) is 4.83. The maximum absolute atomic E-state index is 6.03. The van der Waals surface area contributed by atoms with Gasteiger partial charge in [0.15, 0.2) is 0 Å². The second-order valence-corrected chi connectivity index (χ2v) is 7.47. The highest BCUT2D eigenvalue weighted by molar-refractivity contribution is 5.61. The molecule has 5 heteroatoms. The highest BCUT2D eigenvalue weighted by atomic mass is 16.5. The quantitative estimate of drug-likeness (QED) is 0.876. The van der Waals surface area contributed by atoms with Crippen molar-refractivity contribution in [2.75, 3.05) is 6.61 Å². The molecule has 2 fully saturated rings. The van der Waals surface area contributed by atoms with Crippen molar-refractivity contribution in [2.24, 2.45) is 12.5 Å². The van der Waals surface area contributed by atoms with Gasteiger partial charge in [-0.15, -0.1) is 0 Å². The molecule has 2 aromatic rings. The maximum atomic E-state index is 6.03. The van der Waals surface area contributed by atoms with Crippen LogP contribution in [0.1, 0.15) is 44.6 Å². The lowest BCUT2D eigenvalue weighted by atomic mass is 9.60. The van der Waals surface area contributed by atoms with Gasteiger partial charge in [0.25, 0.3) is 0 Å². The summed E-state index contributed by atoms with van der Waals surface area (Å²) < 4.78 is 7.94. The van der Waals surface area contributed by atoms with E-state index in [4.69, 9.17) is 4.74 Å². The lowest BCUT2D eigenvalue weighted by Gasteiger charge is -2.54. The Bertz CT molecular complexity index is 706. The van der Waals surface area contributed by atoms with Gasteiger partial charge in [-0.3, -0.25) is 9.67 Å². The molecule has 0 aliphatic heterocycles. The van der Waals surface area contributed by atoms with Crippen LogP contribution >= 0.6 is 0 Å². The molecule has 2 saturated carbocycles. The molecule has 0 amide bonds. The van der Waals surface area contributed by atoms with Gasteiger partial charge in [0.05, 0.1) is 11.8 Å². The third-order valence-electron chi connectivity index (χ3n) is 6.08. The van der Waals surface area contributed by atoms with E-state index in [-0.39, 0.29) is 0 Å². The minimum atomic E-state index is 0.370. The SMILES string of the molecule is CCO[C@H]1C[C@@H](NCc2cn(C)nc2-c2ccncc2)C12CCCC2. The van der Waals surface area contributed by atoms with Gasteiger partial charge in [-0.1, -0.05) is 12.8 Å². The molecule has 0 saturated heterocycles. The second-order valence-electron chi connectivity index (χ2n) is 7.47. The molecule has 2 heterocycles. The van der Waals surface area contributed by atoms with Gasteiger partial charge < -0.3 is 10.1 Å². The number of nitrogens with zero attached hydrogens (tertiary/aromatic N) is 3. The Morgan fingerprint density at radius 3 is 2.76 bits per heavy atom. The number of aryl methyl sites for hydroxylation is 1. The number of nitrogens with one attached hydrogen (secondary N) is 1. The van der Waals surface area contributed by atoms with Gasteiger partial charge in [-0.2, -0.15) is 5.10 Å². The van der Waals surface area contributed by atoms with Crippen LogP contribution < -0.4 is 5.32 Å². The van der Waals surface area contributed by atoms with Crippen LogP contribution in [-0.4, -0.2) is 33.5 Å². The summed E-state index contributed by atoms with van der Waals surface area (Å²) in [6, 6.07) is 4.62. The van der Waals surface area contributed by atoms with Gasteiger partial charge >= 0.3 is 0 Å². The zero-order chi connectivity index (χ0) is 17.3.